The zero-order chi connectivity index (χ0) is 33.4. The first kappa shape index (κ1) is 29.9. The molecule has 0 aromatic carbocycles. The average Bonchev–Trinajstić information content (AvgIpc) is 3.97. The van der Waals surface area contributed by atoms with E-state index in [1.165, 1.54) is 12.8 Å². The number of fused-ring (bicyclic) bond motifs is 4. The predicted molar refractivity (Wildman–Crippen MR) is 186 cm³/mol. The van der Waals surface area contributed by atoms with Crippen LogP contribution in [0.4, 0.5) is 4.39 Å². The Bertz CT molecular complexity index is 2040. The van der Waals surface area contributed by atoms with Crippen LogP contribution in [-0.2, 0) is 6.54 Å². The molecule has 4 aromatic rings. The summed E-state index contributed by atoms with van der Waals surface area (Å²) in [5, 5.41) is 4.67. The van der Waals surface area contributed by atoms with E-state index in [0.717, 1.165) is 83.8 Å². The van der Waals surface area contributed by atoms with Crippen molar-refractivity contribution < 1.29 is 13.9 Å². The van der Waals surface area contributed by atoms with Gasteiger partial charge in [-0.15, -0.1) is 0 Å². The Balaban J connectivity index is 1.04. The highest BCUT2D eigenvalue weighted by molar-refractivity contribution is 5.96. The largest absolute Gasteiger partial charge is 0.482 e. The van der Waals surface area contributed by atoms with Gasteiger partial charge in [-0.05, 0) is 107 Å². The lowest BCUT2D eigenvalue weighted by Crippen LogP contribution is -2.66. The van der Waals surface area contributed by atoms with Gasteiger partial charge in [0.15, 0.2) is 5.88 Å². The van der Waals surface area contributed by atoms with Crippen molar-refractivity contribution in [1.82, 2.24) is 29.2 Å². The fraction of sp³-hybridized carbons (Fsp3) is 0.564. The van der Waals surface area contributed by atoms with Gasteiger partial charge in [-0.2, -0.15) is 0 Å². The van der Waals surface area contributed by atoms with Crippen LogP contribution >= 0.6 is 0 Å². The maximum absolute atomic E-state index is 14.3. The van der Waals surface area contributed by atoms with Crippen LogP contribution in [-0.4, -0.2) is 61.1 Å². The van der Waals surface area contributed by atoms with Gasteiger partial charge in [0.25, 0.3) is 5.91 Å². The number of nitrogens with one attached hydrogen (secondary N) is 1. The topological polar surface area (TPSA) is 103 Å². The summed E-state index contributed by atoms with van der Waals surface area (Å²) in [6.45, 7) is 7.93. The summed E-state index contributed by atoms with van der Waals surface area (Å²) in [7, 11) is 1.68. The van der Waals surface area contributed by atoms with E-state index in [1.807, 2.05) is 17.0 Å². The van der Waals surface area contributed by atoms with Crippen LogP contribution in [0, 0.1) is 17.3 Å². The molecule has 4 aromatic heterocycles. The zero-order valence-electron chi connectivity index (χ0n) is 28.6. The maximum atomic E-state index is 14.3. The number of hydrogen-bond acceptors (Lipinski definition) is 6. The van der Waals surface area contributed by atoms with Gasteiger partial charge in [-0.25, -0.2) is 14.4 Å². The Kier molecular flexibility index (Phi) is 6.30. The summed E-state index contributed by atoms with van der Waals surface area (Å²) in [5.41, 5.74) is 12.8. The Morgan fingerprint density at radius 3 is 2.63 bits per heavy atom. The molecule has 7 aliphatic rings. The third kappa shape index (κ3) is 4.61. The average molecular weight is 664 g/mol. The number of likely N-dealkylation sites (tertiary alicyclic amines) is 1. The van der Waals surface area contributed by atoms with Crippen LogP contribution in [0.5, 0.6) is 5.88 Å². The molecule has 49 heavy (non-hydrogen) atoms. The highest BCUT2D eigenvalue weighted by atomic mass is 19.1. The number of imidazole rings is 1. The molecule has 0 spiro atoms. The summed E-state index contributed by atoms with van der Waals surface area (Å²) in [6.07, 6.45) is 9.53. The summed E-state index contributed by atoms with van der Waals surface area (Å²) < 4.78 is 24.8. The molecular formula is C39H46FN7O2. The van der Waals surface area contributed by atoms with E-state index in [-0.39, 0.29) is 29.4 Å². The lowest BCUT2D eigenvalue weighted by Gasteiger charge is -2.66. The number of alkyl halides is 1. The van der Waals surface area contributed by atoms with Crippen LogP contribution in [0.25, 0.3) is 28.1 Å². The number of pyridine rings is 2. The molecule has 6 saturated carbocycles. The molecule has 3 N–H and O–H groups in total. The minimum absolute atomic E-state index is 0.0161. The molecule has 7 fully saturated rings. The highest BCUT2D eigenvalue weighted by Gasteiger charge is 2.70. The zero-order valence-corrected chi connectivity index (χ0v) is 28.6. The molecule has 0 unspecified atom stereocenters. The second-order valence-corrected chi connectivity index (χ2v) is 16.5. The normalized spacial score (nSPS) is 30.7. The Morgan fingerprint density at radius 2 is 1.92 bits per heavy atom. The summed E-state index contributed by atoms with van der Waals surface area (Å²) in [6, 6.07) is 10.6. The molecular weight excluding hydrogens is 617 g/mol. The summed E-state index contributed by atoms with van der Waals surface area (Å²) in [5.74, 6) is 2.18. The third-order valence-electron chi connectivity index (χ3n) is 12.9. The minimum Gasteiger partial charge on any atom is -0.482 e. The van der Waals surface area contributed by atoms with Gasteiger partial charge in [0.1, 0.15) is 22.7 Å². The van der Waals surface area contributed by atoms with Crippen molar-refractivity contribution in [2.24, 2.45) is 23.0 Å². The Morgan fingerprint density at radius 1 is 1.12 bits per heavy atom. The number of amides is 1. The second kappa shape index (κ2) is 10.3. The quantitative estimate of drug-likeness (QED) is 0.197. The highest BCUT2D eigenvalue weighted by Crippen LogP contribution is 2.72. The molecule has 9 nitrogen and oxygen atoms in total. The number of carbonyl (C=O) groups is 1. The van der Waals surface area contributed by atoms with Crippen molar-refractivity contribution >= 4 is 22.6 Å². The number of carbonyl (C=O) groups excluding carboxylic acids is 1. The molecule has 0 radical (unpaired) electrons. The molecule has 10 heteroatoms. The van der Waals surface area contributed by atoms with Gasteiger partial charge < -0.3 is 25.3 Å². The maximum Gasteiger partial charge on any atom is 0.254 e. The number of methoxy groups -OCH3 is 1. The molecule has 1 saturated heterocycles. The number of hydrogen-bond donors (Lipinski definition) is 2. The second-order valence-electron chi connectivity index (χ2n) is 16.5. The fourth-order valence-electron chi connectivity index (χ4n) is 9.75. The standard InChI is InChI=1S/C39H46FN7O2/c1-21(42-22(2)38-18-39(40,19-38)20-38)30-11-9-26-13-31(46(36(26)43-30)16-23-4-5-23)34-35(24-6-7-24)47-32(44-34)14-27(15-33(47)49-3)37(48)45-17-29(41)25-8-10-28(45)12-25/h9,11,13-15,21,23-25,28-29,42H,2,4-8,10,12,16-20,41H2,1,3H3/t21-,25-,28+,29+,38?,39?/m1/s1. The van der Waals surface area contributed by atoms with E-state index in [4.69, 9.17) is 20.4 Å². The molecule has 5 heterocycles. The van der Waals surface area contributed by atoms with Crippen LogP contribution in [0.3, 0.4) is 0 Å². The number of halogens is 1. The number of piperidine rings is 1. The van der Waals surface area contributed by atoms with Crippen molar-refractivity contribution in [3.05, 3.63) is 59.6 Å². The van der Waals surface area contributed by atoms with Gasteiger partial charge in [-0.3, -0.25) is 9.20 Å². The van der Waals surface area contributed by atoms with Gasteiger partial charge >= 0.3 is 0 Å². The van der Waals surface area contributed by atoms with Gasteiger partial charge in [0.2, 0.25) is 0 Å². The third-order valence-corrected chi connectivity index (χ3v) is 12.9. The first-order chi connectivity index (χ1) is 23.6. The minimum atomic E-state index is -0.954. The van der Waals surface area contributed by atoms with Crippen LogP contribution in [0.1, 0.15) is 105 Å². The summed E-state index contributed by atoms with van der Waals surface area (Å²) in [4.78, 5) is 26.6. The lowest BCUT2D eigenvalue weighted by molar-refractivity contribution is -0.192. The molecule has 11 rings (SSSR count). The number of nitrogens with two attached hydrogens (primary N) is 1. The lowest BCUT2D eigenvalue weighted by atomic mass is 9.41. The molecule has 1 amide bonds. The van der Waals surface area contributed by atoms with Crippen molar-refractivity contribution in [2.45, 2.75) is 107 Å². The van der Waals surface area contributed by atoms with Gasteiger partial charge in [0.05, 0.1) is 30.2 Å². The Labute approximate surface area is 286 Å². The SMILES string of the molecule is C=C(N[C@H](C)c1ccc2cc(-c3nc4cc(C(=O)N5C[C@H](N)[C@@H]6CC[C@H]5C6)cc(OC)n4c3C3CC3)n(CC3CC3)c2n1)C12CC(F)(C1)C2. The van der Waals surface area contributed by atoms with Crippen molar-refractivity contribution in [2.75, 3.05) is 13.7 Å². The fourth-order valence-corrected chi connectivity index (χ4v) is 9.75. The number of allylic oxidation sites excluding steroid dienone is 1. The van der Waals surface area contributed by atoms with E-state index >= 15 is 0 Å². The molecule has 4 bridgehead atoms. The molecule has 256 valence electrons. The molecule has 4 atom stereocenters. The molecule has 6 aliphatic carbocycles. The Hall–Kier alpha value is -3.92. The first-order valence-electron chi connectivity index (χ1n) is 18.4. The van der Waals surface area contributed by atoms with Crippen LogP contribution in [0.2, 0.25) is 0 Å². The first-order valence-corrected chi connectivity index (χ1v) is 18.4. The molecule has 1 aliphatic heterocycles. The van der Waals surface area contributed by atoms with E-state index in [2.05, 4.69) is 46.0 Å². The number of nitrogens with zero attached hydrogens (tertiary/aromatic N) is 5. The van der Waals surface area contributed by atoms with E-state index < -0.39 is 5.67 Å². The smallest absolute Gasteiger partial charge is 0.254 e. The number of ether oxygens (including phenoxy) is 1. The van der Waals surface area contributed by atoms with E-state index in [1.54, 1.807) is 7.11 Å². The van der Waals surface area contributed by atoms with Crippen LogP contribution < -0.4 is 15.8 Å². The van der Waals surface area contributed by atoms with Crippen LogP contribution in [0.15, 0.2) is 42.6 Å². The number of rotatable bonds is 10. The monoisotopic (exact) mass is 663 g/mol. The van der Waals surface area contributed by atoms with Gasteiger partial charge in [-0.1, -0.05) is 6.58 Å². The predicted octanol–water partition coefficient (Wildman–Crippen LogP) is 6.66. The van der Waals surface area contributed by atoms with Crippen molar-refractivity contribution in [1.29, 1.82) is 0 Å². The van der Waals surface area contributed by atoms with E-state index in [9.17, 15) is 9.18 Å². The van der Waals surface area contributed by atoms with Gasteiger partial charge in [0, 0.05) is 59.2 Å². The summed E-state index contributed by atoms with van der Waals surface area (Å²) >= 11 is 0. The number of aromatic nitrogens is 4. The van der Waals surface area contributed by atoms with E-state index in [0.29, 0.717) is 55.0 Å². The van der Waals surface area contributed by atoms with Crippen molar-refractivity contribution in [3.8, 4) is 17.3 Å². The van der Waals surface area contributed by atoms with Crippen molar-refractivity contribution in [3.63, 3.8) is 0 Å².